The zero-order valence-electron chi connectivity index (χ0n) is 9.88. The van der Waals surface area contributed by atoms with Crippen molar-refractivity contribution in [3.05, 3.63) is 29.0 Å². The van der Waals surface area contributed by atoms with Crippen LogP contribution in [0.3, 0.4) is 0 Å². The zero-order chi connectivity index (χ0) is 12.3. The number of ether oxygens (including phenoxy) is 1. The van der Waals surface area contributed by atoms with Crippen LogP contribution in [0.2, 0.25) is 5.02 Å². The lowest BCUT2D eigenvalue weighted by molar-refractivity contribution is 0.123. The van der Waals surface area contributed by atoms with Gasteiger partial charge in [0.25, 0.3) is 0 Å². The molecule has 0 saturated carbocycles. The molecule has 1 aromatic carbocycles. The van der Waals surface area contributed by atoms with E-state index < -0.39 is 5.82 Å². The Morgan fingerprint density at radius 3 is 2.76 bits per heavy atom. The maximum atomic E-state index is 13.6. The summed E-state index contributed by atoms with van der Waals surface area (Å²) in [4.78, 5) is 0. The molecule has 1 aliphatic heterocycles. The molecule has 1 unspecified atom stereocenters. The molecule has 1 aliphatic rings. The molecule has 1 atom stereocenters. The first-order valence-electron chi connectivity index (χ1n) is 5.99. The fraction of sp³-hybridized carbons (Fsp3) is 0.538. The summed E-state index contributed by atoms with van der Waals surface area (Å²) in [5.41, 5.74) is 0. The molecule has 1 heterocycles. The molecule has 94 valence electrons. The third-order valence-corrected chi connectivity index (χ3v) is 3.49. The van der Waals surface area contributed by atoms with Gasteiger partial charge in [0.1, 0.15) is 0 Å². The van der Waals surface area contributed by atoms with Gasteiger partial charge < -0.3 is 10.1 Å². The van der Waals surface area contributed by atoms with Crippen LogP contribution < -0.4 is 10.1 Å². The SMILES string of the molecule is CC(Oc1ccc(Cl)cc1F)C1CCNCC1. The van der Waals surface area contributed by atoms with E-state index in [1.807, 2.05) is 6.92 Å². The second kappa shape index (κ2) is 5.69. The maximum Gasteiger partial charge on any atom is 0.166 e. The number of rotatable bonds is 3. The highest BCUT2D eigenvalue weighted by molar-refractivity contribution is 6.30. The van der Waals surface area contributed by atoms with E-state index in [-0.39, 0.29) is 6.10 Å². The van der Waals surface area contributed by atoms with Crippen LogP contribution in [0.4, 0.5) is 4.39 Å². The number of benzene rings is 1. The third-order valence-electron chi connectivity index (χ3n) is 3.25. The largest absolute Gasteiger partial charge is 0.487 e. The molecule has 1 fully saturated rings. The molecule has 0 spiro atoms. The molecule has 0 aliphatic carbocycles. The quantitative estimate of drug-likeness (QED) is 0.898. The standard InChI is InChI=1S/C13H17ClFNO/c1-9(10-4-6-16-7-5-10)17-13-3-2-11(14)8-12(13)15/h2-3,8-10,16H,4-7H2,1H3. The Balaban J connectivity index is 1.99. The molecule has 0 amide bonds. The van der Waals surface area contributed by atoms with Gasteiger partial charge in [0.05, 0.1) is 6.10 Å². The van der Waals surface area contributed by atoms with Crippen molar-refractivity contribution in [3.8, 4) is 5.75 Å². The second-order valence-electron chi connectivity index (χ2n) is 4.49. The van der Waals surface area contributed by atoms with Crippen molar-refractivity contribution in [1.29, 1.82) is 0 Å². The molecule has 17 heavy (non-hydrogen) atoms. The molecule has 1 N–H and O–H groups in total. The van der Waals surface area contributed by atoms with Gasteiger partial charge in [0, 0.05) is 5.02 Å². The van der Waals surface area contributed by atoms with Crippen LogP contribution in [-0.2, 0) is 0 Å². The minimum atomic E-state index is -0.390. The van der Waals surface area contributed by atoms with Gasteiger partial charge in [-0.2, -0.15) is 0 Å². The number of nitrogens with one attached hydrogen (secondary N) is 1. The second-order valence-corrected chi connectivity index (χ2v) is 4.92. The average molecular weight is 258 g/mol. The smallest absolute Gasteiger partial charge is 0.166 e. The van der Waals surface area contributed by atoms with Gasteiger partial charge in [-0.3, -0.25) is 0 Å². The van der Waals surface area contributed by atoms with Crippen LogP contribution in [0.15, 0.2) is 18.2 Å². The van der Waals surface area contributed by atoms with Crippen molar-refractivity contribution in [2.24, 2.45) is 5.92 Å². The lowest BCUT2D eigenvalue weighted by Crippen LogP contribution is -2.35. The summed E-state index contributed by atoms with van der Waals surface area (Å²) in [7, 11) is 0. The van der Waals surface area contributed by atoms with E-state index >= 15 is 0 Å². The number of hydrogen-bond donors (Lipinski definition) is 1. The summed E-state index contributed by atoms with van der Waals surface area (Å²) in [6.07, 6.45) is 2.19. The Kier molecular flexibility index (Phi) is 4.24. The lowest BCUT2D eigenvalue weighted by atomic mass is 9.93. The van der Waals surface area contributed by atoms with Gasteiger partial charge in [-0.25, -0.2) is 4.39 Å². The van der Waals surface area contributed by atoms with Gasteiger partial charge in [-0.05, 0) is 57.0 Å². The van der Waals surface area contributed by atoms with Gasteiger partial charge in [0.2, 0.25) is 0 Å². The Morgan fingerprint density at radius 2 is 2.12 bits per heavy atom. The first-order chi connectivity index (χ1) is 8.16. The van der Waals surface area contributed by atoms with Gasteiger partial charge in [-0.1, -0.05) is 11.6 Å². The molecule has 0 bridgehead atoms. The van der Waals surface area contributed by atoms with E-state index in [0.29, 0.717) is 16.7 Å². The Hall–Kier alpha value is -0.800. The molecule has 0 radical (unpaired) electrons. The Bertz CT molecular complexity index is 380. The van der Waals surface area contributed by atoms with Crippen LogP contribution in [-0.4, -0.2) is 19.2 Å². The van der Waals surface area contributed by atoms with Crippen LogP contribution >= 0.6 is 11.6 Å². The summed E-state index contributed by atoms with van der Waals surface area (Å²) in [6, 6.07) is 4.52. The zero-order valence-corrected chi connectivity index (χ0v) is 10.6. The van der Waals surface area contributed by atoms with E-state index in [2.05, 4.69) is 5.32 Å². The summed E-state index contributed by atoms with van der Waals surface area (Å²) in [5, 5.41) is 3.70. The Labute approximate surface area is 106 Å². The van der Waals surface area contributed by atoms with Crippen LogP contribution in [0.5, 0.6) is 5.75 Å². The molecule has 0 aromatic heterocycles. The van der Waals surface area contributed by atoms with Crippen LogP contribution in [0.25, 0.3) is 0 Å². The van der Waals surface area contributed by atoms with E-state index in [4.69, 9.17) is 16.3 Å². The molecule has 1 aromatic rings. The van der Waals surface area contributed by atoms with Gasteiger partial charge >= 0.3 is 0 Å². The molecular formula is C13H17ClFNO. The maximum absolute atomic E-state index is 13.6. The van der Waals surface area contributed by atoms with E-state index in [1.54, 1.807) is 12.1 Å². The number of halogens is 2. The van der Waals surface area contributed by atoms with Gasteiger partial charge in [0.15, 0.2) is 11.6 Å². The van der Waals surface area contributed by atoms with Crippen LogP contribution in [0.1, 0.15) is 19.8 Å². The van der Waals surface area contributed by atoms with Crippen molar-refractivity contribution >= 4 is 11.6 Å². The van der Waals surface area contributed by atoms with Crippen molar-refractivity contribution < 1.29 is 9.13 Å². The van der Waals surface area contributed by atoms with Gasteiger partial charge in [-0.15, -0.1) is 0 Å². The third kappa shape index (κ3) is 3.33. The van der Waals surface area contributed by atoms with Crippen molar-refractivity contribution in [2.45, 2.75) is 25.9 Å². The minimum absolute atomic E-state index is 0.0350. The van der Waals surface area contributed by atoms with Crippen LogP contribution in [0, 0.1) is 11.7 Å². The molecule has 2 rings (SSSR count). The molecule has 1 saturated heterocycles. The Morgan fingerprint density at radius 1 is 1.41 bits per heavy atom. The molecular weight excluding hydrogens is 241 g/mol. The fourth-order valence-electron chi connectivity index (χ4n) is 2.18. The van der Waals surface area contributed by atoms with Crippen molar-refractivity contribution in [2.75, 3.05) is 13.1 Å². The summed E-state index contributed by atoms with van der Waals surface area (Å²) in [5.74, 6) is 0.394. The van der Waals surface area contributed by atoms with E-state index in [1.165, 1.54) is 6.07 Å². The summed E-state index contributed by atoms with van der Waals surface area (Å²) in [6.45, 7) is 4.03. The monoisotopic (exact) mass is 257 g/mol. The molecule has 4 heteroatoms. The van der Waals surface area contributed by atoms with E-state index in [9.17, 15) is 4.39 Å². The topological polar surface area (TPSA) is 21.3 Å². The summed E-state index contributed by atoms with van der Waals surface area (Å²) < 4.78 is 19.2. The average Bonchev–Trinajstić information content (AvgIpc) is 2.34. The van der Waals surface area contributed by atoms with Crippen molar-refractivity contribution in [3.63, 3.8) is 0 Å². The first-order valence-corrected chi connectivity index (χ1v) is 6.37. The first kappa shape index (κ1) is 12.7. The highest BCUT2D eigenvalue weighted by Gasteiger charge is 2.22. The highest BCUT2D eigenvalue weighted by atomic mass is 35.5. The molecule has 2 nitrogen and oxygen atoms in total. The lowest BCUT2D eigenvalue weighted by Gasteiger charge is -2.28. The minimum Gasteiger partial charge on any atom is -0.487 e. The number of piperidine rings is 1. The number of hydrogen-bond acceptors (Lipinski definition) is 2. The normalized spacial score (nSPS) is 19.0. The fourth-order valence-corrected chi connectivity index (χ4v) is 2.34. The highest BCUT2D eigenvalue weighted by Crippen LogP contribution is 2.25. The van der Waals surface area contributed by atoms with E-state index in [0.717, 1.165) is 25.9 Å². The van der Waals surface area contributed by atoms with Crippen molar-refractivity contribution in [1.82, 2.24) is 5.32 Å². The predicted octanol–water partition coefficient (Wildman–Crippen LogP) is 3.25. The summed E-state index contributed by atoms with van der Waals surface area (Å²) >= 11 is 5.70. The predicted molar refractivity (Wildman–Crippen MR) is 67.1 cm³/mol.